The van der Waals surface area contributed by atoms with Gasteiger partial charge in [0, 0.05) is 6.04 Å². The van der Waals surface area contributed by atoms with Gasteiger partial charge in [0.2, 0.25) is 5.91 Å². The molecule has 4 nitrogen and oxygen atoms in total. The zero-order valence-electron chi connectivity index (χ0n) is 11.1. The van der Waals surface area contributed by atoms with Gasteiger partial charge in [-0.25, -0.2) is 0 Å². The number of hydrogen-bond acceptors (Lipinski definition) is 2. The molecule has 1 unspecified atom stereocenters. The Hall–Kier alpha value is -1.32. The van der Waals surface area contributed by atoms with Crippen LogP contribution in [0.15, 0.2) is 12.7 Å². The van der Waals surface area contributed by atoms with Crippen LogP contribution in [0.5, 0.6) is 0 Å². The quantitative estimate of drug-likeness (QED) is 0.377. The first-order valence-electron chi connectivity index (χ1n) is 6.66. The highest BCUT2D eigenvalue weighted by molar-refractivity contribution is 6.01. The lowest BCUT2D eigenvalue weighted by Gasteiger charge is -2.23. The standard InChI is InChI=1S/C14H23NO3/c1-3-4-5-6-7-10-14(2,13(17)18)12(16)15-11-8-9-11/h3,11H,1,4-10H2,2H3,(H,15,16)(H,17,18). The number of carboxylic acids is 1. The van der Waals surface area contributed by atoms with Crippen LogP contribution in [-0.4, -0.2) is 23.0 Å². The molecule has 1 atom stereocenters. The van der Waals surface area contributed by atoms with E-state index in [0.29, 0.717) is 6.42 Å². The molecule has 1 saturated carbocycles. The minimum absolute atomic E-state index is 0.206. The fourth-order valence-corrected chi connectivity index (χ4v) is 1.83. The van der Waals surface area contributed by atoms with Crippen LogP contribution in [-0.2, 0) is 9.59 Å². The normalized spacial score (nSPS) is 17.8. The second kappa shape index (κ2) is 6.57. The first kappa shape index (κ1) is 14.7. The summed E-state index contributed by atoms with van der Waals surface area (Å²) in [6.07, 6.45) is 7.84. The third-order valence-corrected chi connectivity index (χ3v) is 3.47. The van der Waals surface area contributed by atoms with E-state index in [0.717, 1.165) is 38.5 Å². The average Bonchev–Trinajstić information content (AvgIpc) is 3.12. The van der Waals surface area contributed by atoms with Crippen LogP contribution in [0.25, 0.3) is 0 Å². The van der Waals surface area contributed by atoms with Gasteiger partial charge in [0.05, 0.1) is 0 Å². The lowest BCUT2D eigenvalue weighted by Crippen LogP contribution is -2.45. The lowest BCUT2D eigenvalue weighted by atomic mass is 9.83. The van der Waals surface area contributed by atoms with Crippen LogP contribution >= 0.6 is 0 Å². The summed E-state index contributed by atoms with van der Waals surface area (Å²) in [6, 6.07) is 0.206. The molecule has 0 aliphatic heterocycles. The van der Waals surface area contributed by atoms with Crippen molar-refractivity contribution >= 4 is 11.9 Å². The van der Waals surface area contributed by atoms with Crippen molar-refractivity contribution in [2.45, 2.75) is 57.9 Å². The van der Waals surface area contributed by atoms with Crippen molar-refractivity contribution < 1.29 is 14.7 Å². The molecule has 1 aliphatic carbocycles. The predicted octanol–water partition coefficient (Wildman–Crippen LogP) is 2.49. The largest absolute Gasteiger partial charge is 0.480 e. The maximum Gasteiger partial charge on any atom is 0.318 e. The van der Waals surface area contributed by atoms with Crippen molar-refractivity contribution in [1.82, 2.24) is 5.32 Å². The Labute approximate surface area is 108 Å². The number of rotatable bonds is 9. The van der Waals surface area contributed by atoms with E-state index in [9.17, 15) is 14.7 Å². The maximum absolute atomic E-state index is 12.0. The van der Waals surface area contributed by atoms with Crippen LogP contribution in [0.2, 0.25) is 0 Å². The van der Waals surface area contributed by atoms with Gasteiger partial charge in [0.25, 0.3) is 0 Å². The van der Waals surface area contributed by atoms with E-state index in [2.05, 4.69) is 11.9 Å². The summed E-state index contributed by atoms with van der Waals surface area (Å²) in [6.45, 7) is 5.17. The number of carbonyl (C=O) groups is 2. The fraction of sp³-hybridized carbons (Fsp3) is 0.714. The number of carbonyl (C=O) groups excluding carboxylic acids is 1. The summed E-state index contributed by atoms with van der Waals surface area (Å²) in [4.78, 5) is 23.3. The van der Waals surface area contributed by atoms with Crippen LogP contribution in [0, 0.1) is 5.41 Å². The van der Waals surface area contributed by atoms with Gasteiger partial charge in [-0.1, -0.05) is 18.9 Å². The van der Waals surface area contributed by atoms with E-state index in [1.165, 1.54) is 6.92 Å². The molecule has 4 heteroatoms. The summed E-state index contributed by atoms with van der Waals surface area (Å²) < 4.78 is 0. The summed E-state index contributed by atoms with van der Waals surface area (Å²) in [7, 11) is 0. The molecular weight excluding hydrogens is 230 g/mol. The molecule has 0 aromatic carbocycles. The SMILES string of the molecule is C=CCCCCCC(C)(C(=O)O)C(=O)NC1CC1. The Morgan fingerprint density at radius 1 is 1.39 bits per heavy atom. The highest BCUT2D eigenvalue weighted by Gasteiger charge is 2.42. The molecule has 0 saturated heterocycles. The van der Waals surface area contributed by atoms with Crippen molar-refractivity contribution in [3.05, 3.63) is 12.7 Å². The highest BCUT2D eigenvalue weighted by Crippen LogP contribution is 2.28. The summed E-state index contributed by atoms with van der Waals surface area (Å²) in [5.41, 5.74) is -1.28. The smallest absolute Gasteiger partial charge is 0.318 e. The molecule has 0 spiro atoms. The van der Waals surface area contributed by atoms with Gasteiger partial charge in [-0.3, -0.25) is 9.59 Å². The number of aliphatic carboxylic acids is 1. The summed E-state index contributed by atoms with van der Waals surface area (Å²) in [5, 5.41) is 12.1. The molecule has 1 aliphatic rings. The van der Waals surface area contributed by atoms with Crippen molar-refractivity contribution in [2.24, 2.45) is 5.41 Å². The molecule has 102 valence electrons. The van der Waals surface area contributed by atoms with E-state index in [4.69, 9.17) is 0 Å². The first-order valence-corrected chi connectivity index (χ1v) is 6.66. The van der Waals surface area contributed by atoms with E-state index in [-0.39, 0.29) is 11.9 Å². The highest BCUT2D eigenvalue weighted by atomic mass is 16.4. The van der Waals surface area contributed by atoms with Gasteiger partial charge in [-0.2, -0.15) is 0 Å². The summed E-state index contributed by atoms with van der Waals surface area (Å²) in [5.74, 6) is -1.36. The van der Waals surface area contributed by atoms with Crippen molar-refractivity contribution in [3.63, 3.8) is 0 Å². The van der Waals surface area contributed by atoms with E-state index in [1.807, 2.05) is 6.08 Å². The molecule has 0 bridgehead atoms. The number of nitrogens with one attached hydrogen (secondary N) is 1. The Kier molecular flexibility index (Phi) is 5.38. The van der Waals surface area contributed by atoms with Crippen molar-refractivity contribution in [3.8, 4) is 0 Å². The third-order valence-electron chi connectivity index (χ3n) is 3.47. The fourth-order valence-electron chi connectivity index (χ4n) is 1.83. The second-order valence-corrected chi connectivity index (χ2v) is 5.27. The molecular formula is C14H23NO3. The van der Waals surface area contributed by atoms with Crippen LogP contribution < -0.4 is 5.32 Å². The van der Waals surface area contributed by atoms with E-state index in [1.54, 1.807) is 0 Å². The Morgan fingerprint density at radius 2 is 2.06 bits per heavy atom. The molecule has 0 radical (unpaired) electrons. The maximum atomic E-state index is 12.0. The van der Waals surface area contributed by atoms with Gasteiger partial charge in [-0.05, 0) is 39.0 Å². The molecule has 1 fully saturated rings. The number of amides is 1. The van der Waals surface area contributed by atoms with Crippen LogP contribution in [0.1, 0.15) is 51.9 Å². The number of carboxylic acid groups (broad SMARTS) is 1. The molecule has 18 heavy (non-hydrogen) atoms. The molecule has 2 N–H and O–H groups in total. The molecule has 0 aromatic heterocycles. The minimum atomic E-state index is -1.28. The average molecular weight is 253 g/mol. The Morgan fingerprint density at radius 3 is 2.56 bits per heavy atom. The van der Waals surface area contributed by atoms with Crippen molar-refractivity contribution in [2.75, 3.05) is 0 Å². The van der Waals surface area contributed by atoms with Crippen LogP contribution in [0.3, 0.4) is 0 Å². The Balaban J connectivity index is 2.42. The van der Waals surface area contributed by atoms with Gasteiger partial charge in [0.1, 0.15) is 5.41 Å². The zero-order valence-corrected chi connectivity index (χ0v) is 11.1. The Bertz CT molecular complexity index is 323. The third kappa shape index (κ3) is 4.17. The van der Waals surface area contributed by atoms with Gasteiger partial charge in [0.15, 0.2) is 0 Å². The summed E-state index contributed by atoms with van der Waals surface area (Å²) >= 11 is 0. The number of allylic oxidation sites excluding steroid dienone is 1. The van der Waals surface area contributed by atoms with Gasteiger partial charge < -0.3 is 10.4 Å². The topological polar surface area (TPSA) is 66.4 Å². The predicted molar refractivity (Wildman–Crippen MR) is 70.2 cm³/mol. The first-order chi connectivity index (χ1) is 8.50. The van der Waals surface area contributed by atoms with E-state index >= 15 is 0 Å². The van der Waals surface area contributed by atoms with Crippen LogP contribution in [0.4, 0.5) is 0 Å². The zero-order chi connectivity index (χ0) is 13.6. The minimum Gasteiger partial charge on any atom is -0.480 e. The monoisotopic (exact) mass is 253 g/mol. The molecule has 1 rings (SSSR count). The van der Waals surface area contributed by atoms with Crippen molar-refractivity contribution in [1.29, 1.82) is 0 Å². The number of unbranched alkanes of at least 4 members (excludes halogenated alkanes) is 3. The van der Waals surface area contributed by atoms with Gasteiger partial charge in [-0.15, -0.1) is 6.58 Å². The molecule has 0 aromatic rings. The molecule has 0 heterocycles. The van der Waals surface area contributed by atoms with Gasteiger partial charge >= 0.3 is 5.97 Å². The second-order valence-electron chi connectivity index (χ2n) is 5.27. The number of hydrogen-bond donors (Lipinski definition) is 2. The van der Waals surface area contributed by atoms with E-state index < -0.39 is 11.4 Å². The molecule has 1 amide bonds. The lowest BCUT2D eigenvalue weighted by molar-refractivity contribution is -0.155.